The van der Waals surface area contributed by atoms with E-state index in [-0.39, 0.29) is 5.41 Å². The van der Waals surface area contributed by atoms with Crippen molar-refractivity contribution >= 4 is 0 Å². The van der Waals surface area contributed by atoms with Crippen LogP contribution in [0.3, 0.4) is 0 Å². The van der Waals surface area contributed by atoms with E-state index in [2.05, 4.69) is 45.0 Å². The average molecular weight is 254 g/mol. The highest BCUT2D eigenvalue weighted by molar-refractivity contribution is 5.35. The van der Waals surface area contributed by atoms with Crippen molar-refractivity contribution < 1.29 is 4.74 Å². The molecule has 0 heterocycles. The lowest BCUT2D eigenvalue weighted by Crippen LogP contribution is -2.16. The van der Waals surface area contributed by atoms with E-state index in [9.17, 15) is 0 Å². The van der Waals surface area contributed by atoms with Gasteiger partial charge in [-0.15, -0.1) is 0 Å². The summed E-state index contributed by atoms with van der Waals surface area (Å²) in [6, 6.07) is 18.3. The van der Waals surface area contributed by atoms with Crippen LogP contribution in [-0.2, 0) is 5.41 Å². The molecular formula is C18H22O. The Morgan fingerprint density at radius 3 is 2.00 bits per heavy atom. The molecule has 0 aliphatic heterocycles. The first-order valence-electron chi connectivity index (χ1n) is 6.95. The number of benzene rings is 2. The van der Waals surface area contributed by atoms with Crippen LogP contribution in [-0.4, -0.2) is 0 Å². The van der Waals surface area contributed by atoms with E-state index in [0.29, 0.717) is 0 Å². The summed E-state index contributed by atoms with van der Waals surface area (Å²) < 4.78 is 5.81. The second-order valence-electron chi connectivity index (χ2n) is 5.57. The zero-order valence-corrected chi connectivity index (χ0v) is 12.0. The van der Waals surface area contributed by atoms with Crippen LogP contribution in [0.5, 0.6) is 11.5 Å². The smallest absolute Gasteiger partial charge is 0.127 e. The van der Waals surface area contributed by atoms with Crippen LogP contribution in [0.25, 0.3) is 0 Å². The fourth-order valence-electron chi connectivity index (χ4n) is 2.37. The Bertz CT molecular complexity index is 497. The van der Waals surface area contributed by atoms with Gasteiger partial charge < -0.3 is 4.74 Å². The maximum absolute atomic E-state index is 5.81. The van der Waals surface area contributed by atoms with E-state index in [1.54, 1.807) is 0 Å². The topological polar surface area (TPSA) is 9.23 Å². The van der Waals surface area contributed by atoms with Gasteiger partial charge >= 0.3 is 0 Å². The molecule has 0 amide bonds. The van der Waals surface area contributed by atoms with E-state index in [0.717, 1.165) is 11.5 Å². The second-order valence-corrected chi connectivity index (χ2v) is 5.57. The highest BCUT2D eigenvalue weighted by Crippen LogP contribution is 2.30. The number of para-hydroxylation sites is 1. The lowest BCUT2D eigenvalue weighted by molar-refractivity contribution is 0.466. The minimum absolute atomic E-state index is 0.236. The lowest BCUT2D eigenvalue weighted by Gasteiger charge is -2.24. The molecule has 0 N–H and O–H groups in total. The van der Waals surface area contributed by atoms with Crippen LogP contribution in [0.4, 0.5) is 0 Å². The molecule has 19 heavy (non-hydrogen) atoms. The first-order valence-corrected chi connectivity index (χ1v) is 6.95. The molecule has 0 fully saturated rings. The van der Waals surface area contributed by atoms with E-state index in [1.807, 2.05) is 30.3 Å². The third kappa shape index (κ3) is 3.60. The summed E-state index contributed by atoms with van der Waals surface area (Å²) in [5.41, 5.74) is 1.61. The van der Waals surface area contributed by atoms with Gasteiger partial charge in [0.25, 0.3) is 0 Å². The minimum Gasteiger partial charge on any atom is -0.457 e. The number of hydrogen-bond donors (Lipinski definition) is 0. The van der Waals surface area contributed by atoms with Crippen molar-refractivity contribution in [3.8, 4) is 11.5 Å². The predicted molar refractivity (Wildman–Crippen MR) is 80.9 cm³/mol. The van der Waals surface area contributed by atoms with Gasteiger partial charge in [-0.3, -0.25) is 0 Å². The molecule has 0 saturated heterocycles. The normalized spacial score (nSPS) is 11.3. The Morgan fingerprint density at radius 2 is 1.42 bits per heavy atom. The molecule has 1 heteroatoms. The van der Waals surface area contributed by atoms with Crippen molar-refractivity contribution in [3.63, 3.8) is 0 Å². The summed E-state index contributed by atoms with van der Waals surface area (Å²) in [6.45, 7) is 6.82. The zero-order valence-electron chi connectivity index (χ0n) is 12.0. The zero-order chi connectivity index (χ0) is 13.7. The third-order valence-corrected chi connectivity index (χ3v) is 3.49. The summed E-state index contributed by atoms with van der Waals surface area (Å²) in [7, 11) is 0. The Hall–Kier alpha value is -1.76. The van der Waals surface area contributed by atoms with Crippen molar-refractivity contribution in [1.29, 1.82) is 0 Å². The summed E-state index contributed by atoms with van der Waals surface area (Å²) in [6.07, 6.45) is 2.40. The van der Waals surface area contributed by atoms with E-state index in [1.165, 1.54) is 18.4 Å². The van der Waals surface area contributed by atoms with Crippen molar-refractivity contribution in [2.24, 2.45) is 0 Å². The molecule has 0 bridgehead atoms. The van der Waals surface area contributed by atoms with Crippen molar-refractivity contribution in [3.05, 3.63) is 60.2 Å². The van der Waals surface area contributed by atoms with Gasteiger partial charge in [0.15, 0.2) is 0 Å². The maximum atomic E-state index is 5.81. The molecule has 1 nitrogen and oxygen atoms in total. The number of ether oxygens (including phenoxy) is 1. The van der Waals surface area contributed by atoms with Gasteiger partial charge in [-0.25, -0.2) is 0 Å². The van der Waals surface area contributed by atoms with Gasteiger partial charge in [0, 0.05) is 0 Å². The fourth-order valence-corrected chi connectivity index (χ4v) is 2.37. The molecule has 100 valence electrons. The van der Waals surface area contributed by atoms with E-state index in [4.69, 9.17) is 4.74 Å². The molecule has 0 aromatic heterocycles. The largest absolute Gasteiger partial charge is 0.457 e. The van der Waals surface area contributed by atoms with E-state index >= 15 is 0 Å². The first-order chi connectivity index (χ1) is 9.12. The summed E-state index contributed by atoms with van der Waals surface area (Å²) in [4.78, 5) is 0. The fraction of sp³-hybridized carbons (Fsp3) is 0.333. The summed E-state index contributed by atoms with van der Waals surface area (Å²) in [5.74, 6) is 1.77. The second kappa shape index (κ2) is 5.92. The SMILES string of the molecule is CCCC(C)(C)c1ccc(Oc2ccccc2)cc1. The molecule has 0 saturated carbocycles. The predicted octanol–water partition coefficient (Wildman–Crippen LogP) is 5.56. The van der Waals surface area contributed by atoms with Gasteiger partial charge in [-0.2, -0.15) is 0 Å². The van der Waals surface area contributed by atoms with Gasteiger partial charge in [0.2, 0.25) is 0 Å². The van der Waals surface area contributed by atoms with E-state index < -0.39 is 0 Å². The van der Waals surface area contributed by atoms with Crippen LogP contribution in [0.1, 0.15) is 39.2 Å². The highest BCUT2D eigenvalue weighted by Gasteiger charge is 2.18. The van der Waals surface area contributed by atoms with Crippen LogP contribution in [0, 0.1) is 0 Å². The molecule has 2 aromatic carbocycles. The molecule has 0 aliphatic carbocycles. The molecule has 0 spiro atoms. The number of rotatable bonds is 5. The standard InChI is InChI=1S/C18H22O/c1-4-14-18(2,3)15-10-12-17(13-11-15)19-16-8-6-5-7-9-16/h5-13H,4,14H2,1-3H3. The first kappa shape index (κ1) is 13.7. The number of hydrogen-bond acceptors (Lipinski definition) is 1. The van der Waals surface area contributed by atoms with Crippen LogP contribution < -0.4 is 4.74 Å². The van der Waals surface area contributed by atoms with Crippen molar-refractivity contribution in [2.45, 2.75) is 39.0 Å². The monoisotopic (exact) mass is 254 g/mol. The third-order valence-electron chi connectivity index (χ3n) is 3.49. The van der Waals surface area contributed by atoms with Crippen molar-refractivity contribution in [2.75, 3.05) is 0 Å². The lowest BCUT2D eigenvalue weighted by atomic mass is 9.81. The van der Waals surface area contributed by atoms with Gasteiger partial charge in [-0.05, 0) is 41.7 Å². The van der Waals surface area contributed by atoms with Crippen LogP contribution in [0.2, 0.25) is 0 Å². The molecule has 0 aliphatic rings. The quantitative estimate of drug-likeness (QED) is 0.679. The molecule has 0 radical (unpaired) electrons. The summed E-state index contributed by atoms with van der Waals surface area (Å²) >= 11 is 0. The Kier molecular flexibility index (Phi) is 4.26. The molecule has 2 rings (SSSR count). The minimum atomic E-state index is 0.236. The van der Waals surface area contributed by atoms with Crippen LogP contribution in [0.15, 0.2) is 54.6 Å². The van der Waals surface area contributed by atoms with Gasteiger partial charge in [-0.1, -0.05) is 57.5 Å². The van der Waals surface area contributed by atoms with Gasteiger partial charge in [0.1, 0.15) is 11.5 Å². The highest BCUT2D eigenvalue weighted by atomic mass is 16.5. The average Bonchev–Trinajstić information content (AvgIpc) is 2.40. The van der Waals surface area contributed by atoms with Crippen molar-refractivity contribution in [1.82, 2.24) is 0 Å². The van der Waals surface area contributed by atoms with Gasteiger partial charge in [0.05, 0.1) is 0 Å². The Balaban J connectivity index is 2.11. The molecular weight excluding hydrogens is 232 g/mol. The Morgan fingerprint density at radius 1 is 0.842 bits per heavy atom. The Labute approximate surface area is 116 Å². The summed E-state index contributed by atoms with van der Waals surface area (Å²) in [5, 5.41) is 0. The van der Waals surface area contributed by atoms with Crippen LogP contribution >= 0.6 is 0 Å². The molecule has 2 aromatic rings. The molecule has 0 unspecified atom stereocenters. The maximum Gasteiger partial charge on any atom is 0.127 e. The molecule has 0 atom stereocenters.